The normalized spacial score (nSPS) is 10.4. The van der Waals surface area contributed by atoms with Gasteiger partial charge in [-0.25, -0.2) is 4.79 Å². The highest BCUT2D eigenvalue weighted by Gasteiger charge is 2.14. The largest absolute Gasteiger partial charge is 0.507 e. The number of anilines is 1. The van der Waals surface area contributed by atoms with Gasteiger partial charge in [-0.3, -0.25) is 0 Å². The molecule has 3 aromatic rings. The number of nitrogens with zero attached hydrogens (tertiary/aromatic N) is 1. The second-order valence-electron chi connectivity index (χ2n) is 5.83. The summed E-state index contributed by atoms with van der Waals surface area (Å²) in [7, 11) is 0. The quantitative estimate of drug-likeness (QED) is 0.706. The van der Waals surface area contributed by atoms with Crippen LogP contribution in [-0.2, 0) is 13.1 Å². The molecule has 0 aliphatic heterocycles. The molecule has 0 amide bonds. The Kier molecular flexibility index (Phi) is 5.00. The molecule has 126 valence electrons. The summed E-state index contributed by atoms with van der Waals surface area (Å²) in [4.78, 5) is 13.2. The zero-order valence-corrected chi connectivity index (χ0v) is 13.7. The van der Waals surface area contributed by atoms with Crippen molar-refractivity contribution in [2.75, 3.05) is 4.90 Å². The number of carboxylic acids is 1. The van der Waals surface area contributed by atoms with Gasteiger partial charge in [0.25, 0.3) is 0 Å². The molecule has 0 heterocycles. The summed E-state index contributed by atoms with van der Waals surface area (Å²) in [5.41, 5.74) is 2.96. The van der Waals surface area contributed by atoms with Crippen LogP contribution < -0.4 is 4.90 Å². The lowest BCUT2D eigenvalue weighted by Gasteiger charge is -2.25. The number of carboxylic acid groups (broad SMARTS) is 1. The molecule has 0 radical (unpaired) electrons. The zero-order chi connectivity index (χ0) is 17.6. The maximum absolute atomic E-state index is 11.1. The molecule has 0 aromatic heterocycles. The van der Waals surface area contributed by atoms with Crippen LogP contribution >= 0.6 is 0 Å². The van der Waals surface area contributed by atoms with E-state index in [1.807, 2.05) is 60.7 Å². The standard InChI is InChI=1S/C21H19NO3/c23-20-13-18(11-12-19(20)21(24)25)22(14-16-7-3-1-4-8-16)15-17-9-5-2-6-10-17/h1-13,23H,14-15H2,(H,24,25). The van der Waals surface area contributed by atoms with Crippen molar-refractivity contribution in [1.82, 2.24) is 0 Å². The molecule has 0 bridgehead atoms. The van der Waals surface area contributed by atoms with Crippen LogP contribution in [0.4, 0.5) is 5.69 Å². The van der Waals surface area contributed by atoms with Gasteiger partial charge in [0.05, 0.1) is 0 Å². The molecule has 0 spiro atoms. The molecule has 4 nitrogen and oxygen atoms in total. The van der Waals surface area contributed by atoms with E-state index in [0.717, 1.165) is 16.8 Å². The smallest absolute Gasteiger partial charge is 0.339 e. The minimum Gasteiger partial charge on any atom is -0.507 e. The topological polar surface area (TPSA) is 60.8 Å². The summed E-state index contributed by atoms with van der Waals surface area (Å²) in [5, 5.41) is 19.1. The SMILES string of the molecule is O=C(O)c1ccc(N(Cc2ccccc2)Cc2ccccc2)cc1O. The van der Waals surface area contributed by atoms with Gasteiger partial charge in [0.1, 0.15) is 11.3 Å². The number of aromatic hydroxyl groups is 1. The van der Waals surface area contributed by atoms with Crippen LogP contribution in [0.1, 0.15) is 21.5 Å². The summed E-state index contributed by atoms with van der Waals surface area (Å²) in [6.45, 7) is 1.31. The lowest BCUT2D eigenvalue weighted by atomic mass is 10.1. The highest BCUT2D eigenvalue weighted by atomic mass is 16.4. The zero-order valence-electron chi connectivity index (χ0n) is 13.7. The lowest BCUT2D eigenvalue weighted by Crippen LogP contribution is -2.22. The van der Waals surface area contributed by atoms with E-state index in [9.17, 15) is 9.90 Å². The van der Waals surface area contributed by atoms with Gasteiger partial charge in [-0.1, -0.05) is 60.7 Å². The van der Waals surface area contributed by atoms with Gasteiger partial charge in [-0.15, -0.1) is 0 Å². The van der Waals surface area contributed by atoms with Gasteiger partial charge >= 0.3 is 5.97 Å². The Hall–Kier alpha value is -3.27. The Balaban J connectivity index is 1.92. The van der Waals surface area contributed by atoms with Crippen molar-refractivity contribution in [2.45, 2.75) is 13.1 Å². The second-order valence-corrected chi connectivity index (χ2v) is 5.83. The molecule has 0 saturated heterocycles. The van der Waals surface area contributed by atoms with Gasteiger partial charge in [0, 0.05) is 24.8 Å². The maximum atomic E-state index is 11.1. The predicted molar refractivity (Wildman–Crippen MR) is 97.8 cm³/mol. The monoisotopic (exact) mass is 333 g/mol. The van der Waals surface area contributed by atoms with E-state index in [1.165, 1.54) is 12.1 Å². The molecule has 4 heteroatoms. The first-order chi connectivity index (χ1) is 12.1. The molecule has 0 atom stereocenters. The van der Waals surface area contributed by atoms with Crippen molar-refractivity contribution in [3.05, 3.63) is 95.6 Å². The molecule has 3 rings (SSSR count). The van der Waals surface area contributed by atoms with Gasteiger partial charge in [-0.05, 0) is 23.3 Å². The van der Waals surface area contributed by atoms with E-state index in [1.54, 1.807) is 6.07 Å². The van der Waals surface area contributed by atoms with Crippen LogP contribution in [0.15, 0.2) is 78.9 Å². The van der Waals surface area contributed by atoms with Gasteiger partial charge < -0.3 is 15.1 Å². The molecule has 0 unspecified atom stereocenters. The fourth-order valence-corrected chi connectivity index (χ4v) is 2.74. The minimum atomic E-state index is -1.14. The average Bonchev–Trinajstić information content (AvgIpc) is 2.62. The van der Waals surface area contributed by atoms with Gasteiger partial charge in [0.15, 0.2) is 0 Å². The van der Waals surface area contributed by atoms with E-state index in [2.05, 4.69) is 4.90 Å². The van der Waals surface area contributed by atoms with E-state index in [4.69, 9.17) is 5.11 Å². The Morgan fingerprint density at radius 1 is 0.800 bits per heavy atom. The lowest BCUT2D eigenvalue weighted by molar-refractivity contribution is 0.0694. The molecule has 0 aliphatic rings. The van der Waals surface area contributed by atoms with Gasteiger partial charge in [0.2, 0.25) is 0 Å². The average molecular weight is 333 g/mol. The minimum absolute atomic E-state index is 0.0943. The van der Waals surface area contributed by atoms with Crippen molar-refractivity contribution in [1.29, 1.82) is 0 Å². The van der Waals surface area contributed by atoms with E-state index >= 15 is 0 Å². The molecule has 3 aromatic carbocycles. The molecule has 0 aliphatic carbocycles. The number of phenols is 1. The first-order valence-corrected chi connectivity index (χ1v) is 8.02. The fraction of sp³-hybridized carbons (Fsp3) is 0.0952. The van der Waals surface area contributed by atoms with E-state index in [-0.39, 0.29) is 11.3 Å². The van der Waals surface area contributed by atoms with E-state index < -0.39 is 5.97 Å². The summed E-state index contributed by atoms with van der Waals surface area (Å²) in [5.74, 6) is -1.36. The fourth-order valence-electron chi connectivity index (χ4n) is 2.74. The molecule has 0 saturated carbocycles. The number of aromatic carboxylic acids is 1. The summed E-state index contributed by atoms with van der Waals surface area (Å²) >= 11 is 0. The Morgan fingerprint density at radius 3 is 1.76 bits per heavy atom. The number of hydrogen-bond acceptors (Lipinski definition) is 3. The van der Waals surface area contributed by atoms with Crippen molar-refractivity contribution in [3.8, 4) is 5.75 Å². The summed E-state index contributed by atoms with van der Waals surface area (Å²) in [6.07, 6.45) is 0. The Morgan fingerprint density at radius 2 is 1.32 bits per heavy atom. The maximum Gasteiger partial charge on any atom is 0.339 e. The molecule has 25 heavy (non-hydrogen) atoms. The molecular formula is C21H19NO3. The first-order valence-electron chi connectivity index (χ1n) is 8.02. The second kappa shape index (κ2) is 7.53. The highest BCUT2D eigenvalue weighted by Crippen LogP contribution is 2.27. The summed E-state index contributed by atoms with van der Waals surface area (Å²) in [6, 6.07) is 24.8. The van der Waals surface area contributed by atoms with Crippen LogP contribution in [0.3, 0.4) is 0 Å². The van der Waals surface area contributed by atoms with Crippen molar-refractivity contribution in [3.63, 3.8) is 0 Å². The van der Waals surface area contributed by atoms with Crippen LogP contribution in [0, 0.1) is 0 Å². The van der Waals surface area contributed by atoms with Crippen LogP contribution in [0.2, 0.25) is 0 Å². The van der Waals surface area contributed by atoms with Crippen molar-refractivity contribution >= 4 is 11.7 Å². The predicted octanol–water partition coefficient (Wildman–Crippen LogP) is 4.30. The third kappa shape index (κ3) is 4.18. The Labute approximate surface area is 146 Å². The van der Waals surface area contributed by atoms with Crippen molar-refractivity contribution < 1.29 is 15.0 Å². The van der Waals surface area contributed by atoms with Gasteiger partial charge in [-0.2, -0.15) is 0 Å². The van der Waals surface area contributed by atoms with Crippen LogP contribution in [0.25, 0.3) is 0 Å². The third-order valence-electron chi connectivity index (χ3n) is 4.01. The molecular weight excluding hydrogens is 314 g/mol. The third-order valence-corrected chi connectivity index (χ3v) is 4.01. The number of hydrogen-bond donors (Lipinski definition) is 2. The number of carbonyl (C=O) groups is 1. The Bertz CT molecular complexity index is 806. The van der Waals surface area contributed by atoms with Crippen LogP contribution in [0.5, 0.6) is 5.75 Å². The summed E-state index contributed by atoms with van der Waals surface area (Å²) < 4.78 is 0. The highest BCUT2D eigenvalue weighted by molar-refractivity contribution is 5.91. The molecule has 0 fully saturated rings. The van der Waals surface area contributed by atoms with E-state index in [0.29, 0.717) is 13.1 Å². The molecule has 2 N–H and O–H groups in total. The number of rotatable bonds is 6. The first kappa shape index (κ1) is 16.6. The van der Waals surface area contributed by atoms with Crippen LogP contribution in [-0.4, -0.2) is 16.2 Å². The number of benzene rings is 3. The van der Waals surface area contributed by atoms with Crippen molar-refractivity contribution in [2.24, 2.45) is 0 Å².